The zero-order valence-electron chi connectivity index (χ0n) is 18.2. The van der Waals surface area contributed by atoms with Gasteiger partial charge in [-0.1, -0.05) is 50.2 Å². The first-order valence-electron chi connectivity index (χ1n) is 10.6. The molecule has 1 heterocycles. The number of hydrogen-bond acceptors (Lipinski definition) is 3. The lowest BCUT2D eigenvalue weighted by molar-refractivity contribution is -0.140. The van der Waals surface area contributed by atoms with Crippen LogP contribution in [0.2, 0.25) is 0 Å². The average Bonchev–Trinajstić information content (AvgIpc) is 2.74. The maximum Gasteiger partial charge on any atom is 0.225 e. The molecule has 0 aliphatic carbocycles. The molecule has 1 saturated heterocycles. The van der Waals surface area contributed by atoms with Gasteiger partial charge in [0.15, 0.2) is 0 Å². The van der Waals surface area contributed by atoms with E-state index in [1.807, 2.05) is 43.0 Å². The van der Waals surface area contributed by atoms with Gasteiger partial charge in [0.2, 0.25) is 11.8 Å². The van der Waals surface area contributed by atoms with E-state index in [0.717, 1.165) is 28.9 Å². The third-order valence-electron chi connectivity index (χ3n) is 5.95. The molecule has 1 atom stereocenters. The van der Waals surface area contributed by atoms with Gasteiger partial charge in [0.05, 0.1) is 12.5 Å². The lowest BCUT2D eigenvalue weighted by Crippen LogP contribution is -2.53. The number of rotatable bonds is 7. The van der Waals surface area contributed by atoms with E-state index in [4.69, 9.17) is 10.5 Å². The Hall–Kier alpha value is -2.82. The second-order valence-electron chi connectivity index (χ2n) is 8.76. The van der Waals surface area contributed by atoms with Crippen molar-refractivity contribution >= 4 is 11.8 Å². The molecule has 0 bridgehead atoms. The van der Waals surface area contributed by atoms with Crippen molar-refractivity contribution < 1.29 is 14.3 Å². The molecular formula is C25H32N2O3. The van der Waals surface area contributed by atoms with E-state index in [-0.39, 0.29) is 11.8 Å². The summed E-state index contributed by atoms with van der Waals surface area (Å²) >= 11 is 0. The Morgan fingerprint density at radius 2 is 1.67 bits per heavy atom. The summed E-state index contributed by atoms with van der Waals surface area (Å²) in [5.74, 6) is 0.925. The Kier molecular flexibility index (Phi) is 6.80. The minimum absolute atomic E-state index is 0.116. The van der Waals surface area contributed by atoms with E-state index in [1.165, 1.54) is 0 Å². The van der Waals surface area contributed by atoms with Crippen LogP contribution in [-0.2, 0) is 16.0 Å². The highest BCUT2D eigenvalue weighted by Crippen LogP contribution is 2.35. The van der Waals surface area contributed by atoms with E-state index in [0.29, 0.717) is 38.3 Å². The summed E-state index contributed by atoms with van der Waals surface area (Å²) in [5, 5.41) is 0. The third-order valence-corrected chi connectivity index (χ3v) is 5.95. The topological polar surface area (TPSA) is 72.6 Å². The molecule has 1 fully saturated rings. The van der Waals surface area contributed by atoms with Crippen molar-refractivity contribution in [2.24, 2.45) is 17.1 Å². The second-order valence-corrected chi connectivity index (χ2v) is 8.76. The zero-order chi connectivity index (χ0) is 21.7. The van der Waals surface area contributed by atoms with Crippen molar-refractivity contribution in [3.05, 3.63) is 54.1 Å². The van der Waals surface area contributed by atoms with E-state index in [1.54, 1.807) is 7.11 Å². The molecule has 0 radical (unpaired) electrons. The lowest BCUT2D eigenvalue weighted by Gasteiger charge is -2.41. The van der Waals surface area contributed by atoms with Crippen LogP contribution < -0.4 is 10.5 Å². The van der Waals surface area contributed by atoms with Crippen LogP contribution in [0.3, 0.4) is 0 Å². The minimum Gasteiger partial charge on any atom is -0.497 e. The Morgan fingerprint density at radius 1 is 1.07 bits per heavy atom. The molecule has 160 valence electrons. The Bertz CT molecular complexity index is 874. The zero-order valence-corrected chi connectivity index (χ0v) is 18.2. The molecule has 0 saturated carbocycles. The van der Waals surface area contributed by atoms with E-state index in [2.05, 4.69) is 24.3 Å². The van der Waals surface area contributed by atoms with Gasteiger partial charge < -0.3 is 15.4 Å². The normalized spacial score (nSPS) is 19.0. The van der Waals surface area contributed by atoms with Gasteiger partial charge in [0.25, 0.3) is 0 Å². The Morgan fingerprint density at radius 3 is 2.20 bits per heavy atom. The molecule has 30 heavy (non-hydrogen) atoms. The first kappa shape index (κ1) is 21.9. The summed E-state index contributed by atoms with van der Waals surface area (Å²) in [5.41, 5.74) is 8.44. The molecule has 1 aliphatic heterocycles. The standard InChI is InChI=1S/C25H32N2O3/c1-18(2)15-23(28)27-14-4-13-25(17-27,24(26)29)16-19-5-7-20(8-6-19)21-9-11-22(30-3)12-10-21/h5-12,18H,4,13-17H2,1-3H3,(H2,26,29)/t25-/m1/s1. The highest BCUT2D eigenvalue weighted by molar-refractivity contribution is 5.83. The summed E-state index contributed by atoms with van der Waals surface area (Å²) in [6, 6.07) is 16.2. The van der Waals surface area contributed by atoms with Gasteiger partial charge in [0, 0.05) is 19.5 Å². The SMILES string of the molecule is COc1ccc(-c2ccc(C[C@]3(C(N)=O)CCCN(C(=O)CC(C)C)C3)cc2)cc1. The fourth-order valence-electron chi connectivity index (χ4n) is 4.24. The third kappa shape index (κ3) is 5.02. The van der Waals surface area contributed by atoms with Crippen molar-refractivity contribution in [1.29, 1.82) is 0 Å². The monoisotopic (exact) mass is 408 g/mol. The highest BCUT2D eigenvalue weighted by atomic mass is 16.5. The fraction of sp³-hybridized carbons (Fsp3) is 0.440. The van der Waals surface area contributed by atoms with Gasteiger partial charge in [-0.25, -0.2) is 0 Å². The van der Waals surface area contributed by atoms with Gasteiger partial charge in [0.1, 0.15) is 5.75 Å². The van der Waals surface area contributed by atoms with Gasteiger partial charge in [-0.2, -0.15) is 0 Å². The van der Waals surface area contributed by atoms with Crippen LogP contribution in [0.1, 0.15) is 38.7 Å². The van der Waals surface area contributed by atoms with Gasteiger partial charge in [-0.3, -0.25) is 9.59 Å². The van der Waals surface area contributed by atoms with Crippen LogP contribution in [0.4, 0.5) is 0 Å². The number of carbonyl (C=O) groups excluding carboxylic acids is 2. The van der Waals surface area contributed by atoms with Gasteiger partial charge in [-0.15, -0.1) is 0 Å². The lowest BCUT2D eigenvalue weighted by atomic mass is 9.74. The summed E-state index contributed by atoms with van der Waals surface area (Å²) in [4.78, 5) is 26.9. The van der Waals surface area contributed by atoms with Crippen LogP contribution in [0, 0.1) is 11.3 Å². The number of amides is 2. The number of nitrogens with zero attached hydrogens (tertiary/aromatic N) is 1. The average molecular weight is 409 g/mol. The largest absolute Gasteiger partial charge is 0.497 e. The van der Waals surface area contributed by atoms with Crippen molar-refractivity contribution in [2.45, 2.75) is 39.5 Å². The number of nitrogens with two attached hydrogens (primary N) is 1. The number of hydrogen-bond donors (Lipinski definition) is 1. The van der Waals surface area contributed by atoms with Crippen molar-refractivity contribution in [1.82, 2.24) is 4.90 Å². The quantitative estimate of drug-likeness (QED) is 0.751. The minimum atomic E-state index is -0.702. The van der Waals surface area contributed by atoms with E-state index >= 15 is 0 Å². The Balaban J connectivity index is 1.76. The maximum atomic E-state index is 12.6. The molecule has 2 N–H and O–H groups in total. The molecule has 0 aromatic heterocycles. The molecule has 1 aliphatic rings. The Labute approximate surface area is 179 Å². The van der Waals surface area contributed by atoms with E-state index in [9.17, 15) is 9.59 Å². The predicted octanol–water partition coefficient (Wildman–Crippen LogP) is 4.04. The first-order chi connectivity index (χ1) is 14.3. The molecule has 2 aromatic rings. The summed E-state index contributed by atoms with van der Waals surface area (Å²) in [6.45, 7) is 5.19. The maximum absolute atomic E-state index is 12.6. The van der Waals surface area contributed by atoms with Crippen LogP contribution in [0.5, 0.6) is 5.75 Å². The fourth-order valence-corrected chi connectivity index (χ4v) is 4.24. The molecule has 0 unspecified atom stereocenters. The van der Waals surface area contributed by atoms with Gasteiger partial charge >= 0.3 is 0 Å². The summed E-state index contributed by atoms with van der Waals surface area (Å²) in [7, 11) is 1.65. The molecule has 5 heteroatoms. The number of primary amides is 1. The van der Waals surface area contributed by atoms with Crippen LogP contribution >= 0.6 is 0 Å². The second kappa shape index (κ2) is 9.33. The number of benzene rings is 2. The molecule has 2 amide bonds. The molecular weight excluding hydrogens is 376 g/mol. The van der Waals surface area contributed by atoms with E-state index < -0.39 is 5.41 Å². The number of ether oxygens (including phenoxy) is 1. The molecule has 2 aromatic carbocycles. The van der Waals surface area contributed by atoms with Crippen LogP contribution in [0.25, 0.3) is 11.1 Å². The van der Waals surface area contributed by atoms with Gasteiger partial charge in [-0.05, 0) is 54.0 Å². The number of likely N-dealkylation sites (tertiary alicyclic amines) is 1. The number of carbonyl (C=O) groups is 2. The highest BCUT2D eigenvalue weighted by Gasteiger charge is 2.42. The predicted molar refractivity (Wildman–Crippen MR) is 119 cm³/mol. The van der Waals surface area contributed by atoms with Crippen molar-refractivity contribution in [3.8, 4) is 16.9 Å². The summed E-state index contributed by atoms with van der Waals surface area (Å²) < 4.78 is 5.22. The molecule has 0 spiro atoms. The number of methoxy groups -OCH3 is 1. The number of piperidine rings is 1. The smallest absolute Gasteiger partial charge is 0.225 e. The summed E-state index contributed by atoms with van der Waals surface area (Å²) in [6.07, 6.45) is 2.58. The first-order valence-corrected chi connectivity index (χ1v) is 10.6. The van der Waals surface area contributed by atoms with Crippen molar-refractivity contribution in [3.63, 3.8) is 0 Å². The molecule has 5 nitrogen and oxygen atoms in total. The van der Waals surface area contributed by atoms with Crippen molar-refractivity contribution in [2.75, 3.05) is 20.2 Å². The molecule has 3 rings (SSSR count). The van der Waals surface area contributed by atoms with Crippen LogP contribution in [0.15, 0.2) is 48.5 Å². The van der Waals surface area contributed by atoms with Crippen LogP contribution in [-0.4, -0.2) is 36.9 Å².